The van der Waals surface area contributed by atoms with Crippen molar-refractivity contribution in [1.82, 2.24) is 0 Å². The Balaban J connectivity index is 2.30. The highest BCUT2D eigenvalue weighted by Gasteiger charge is 2.34. The van der Waals surface area contributed by atoms with Crippen LogP contribution in [-0.4, -0.2) is 10.3 Å². The van der Waals surface area contributed by atoms with E-state index in [2.05, 4.69) is 37.9 Å². The lowest BCUT2D eigenvalue weighted by Crippen LogP contribution is -2.21. The molecule has 0 saturated heterocycles. The van der Waals surface area contributed by atoms with Crippen molar-refractivity contribution >= 4 is 17.3 Å². The van der Waals surface area contributed by atoms with Crippen LogP contribution in [0.3, 0.4) is 0 Å². The summed E-state index contributed by atoms with van der Waals surface area (Å²) in [7, 11) is 0. The monoisotopic (exact) mass is 193 g/mol. The van der Waals surface area contributed by atoms with Crippen LogP contribution in [0.15, 0.2) is 28.4 Å². The molecule has 1 nitrogen and oxygen atoms in total. The number of nitrogens with zero attached hydrogens (tertiary/aromatic N) is 1. The number of thioether (sulfide) groups is 1. The largest absolute Gasteiger partial charge is 0.253 e. The van der Waals surface area contributed by atoms with Gasteiger partial charge in [0.25, 0.3) is 0 Å². The molecule has 1 aliphatic carbocycles. The second kappa shape index (κ2) is 3.02. The molecule has 0 aromatic heterocycles. The highest BCUT2D eigenvalue weighted by atomic mass is 32.2. The minimum atomic E-state index is 0.235. The van der Waals surface area contributed by atoms with Gasteiger partial charge in [0.2, 0.25) is 0 Å². The van der Waals surface area contributed by atoms with Gasteiger partial charge in [-0.3, -0.25) is 4.99 Å². The molecule has 0 radical (unpaired) electrons. The fraction of sp³-hybridized carbons (Fsp3) is 0.545. The normalized spacial score (nSPS) is 31.7. The molecule has 2 aliphatic rings. The molecule has 0 aromatic carbocycles. The molecular weight excluding hydrogens is 178 g/mol. The Labute approximate surface area is 84.0 Å². The maximum Gasteiger partial charge on any atom is 0.0643 e. The summed E-state index contributed by atoms with van der Waals surface area (Å²) in [6, 6.07) is 0. The van der Waals surface area contributed by atoms with E-state index in [1.54, 1.807) is 0 Å². The minimum Gasteiger partial charge on any atom is -0.253 e. The molecule has 2 rings (SSSR count). The fourth-order valence-corrected chi connectivity index (χ4v) is 2.48. The van der Waals surface area contributed by atoms with Gasteiger partial charge in [-0.25, -0.2) is 0 Å². The molecule has 0 N–H and O–H groups in total. The molecule has 0 amide bonds. The van der Waals surface area contributed by atoms with Crippen molar-refractivity contribution in [1.29, 1.82) is 0 Å². The van der Waals surface area contributed by atoms with Crippen molar-refractivity contribution < 1.29 is 0 Å². The van der Waals surface area contributed by atoms with Gasteiger partial charge in [-0.2, -0.15) is 0 Å². The zero-order chi connectivity index (χ0) is 9.47. The van der Waals surface area contributed by atoms with Crippen molar-refractivity contribution in [3.8, 4) is 0 Å². The van der Waals surface area contributed by atoms with Gasteiger partial charge < -0.3 is 0 Å². The quantitative estimate of drug-likeness (QED) is 0.622. The van der Waals surface area contributed by atoms with Gasteiger partial charge in [0.15, 0.2) is 0 Å². The summed E-state index contributed by atoms with van der Waals surface area (Å²) >= 11 is 1.84. The Bertz CT molecular complexity index is 312. The zero-order valence-electron chi connectivity index (χ0n) is 8.37. The smallest absolute Gasteiger partial charge is 0.0643 e. The van der Waals surface area contributed by atoms with Crippen LogP contribution in [0.5, 0.6) is 0 Å². The lowest BCUT2D eigenvalue weighted by Gasteiger charge is -2.27. The highest BCUT2D eigenvalue weighted by Crippen LogP contribution is 2.44. The van der Waals surface area contributed by atoms with Crippen LogP contribution < -0.4 is 0 Å². The van der Waals surface area contributed by atoms with Crippen LogP contribution in [0, 0.1) is 5.92 Å². The van der Waals surface area contributed by atoms with Gasteiger partial charge in [-0.15, -0.1) is 11.8 Å². The second-order valence-corrected chi connectivity index (χ2v) is 5.52. The second-order valence-electron chi connectivity index (χ2n) is 4.18. The topological polar surface area (TPSA) is 12.4 Å². The maximum atomic E-state index is 4.42. The summed E-state index contributed by atoms with van der Waals surface area (Å²) in [6.45, 7) is 6.73. The summed E-state index contributed by atoms with van der Waals surface area (Å²) in [5.41, 5.74) is 4.67. The molecule has 70 valence electrons. The van der Waals surface area contributed by atoms with Gasteiger partial charge >= 0.3 is 0 Å². The first-order valence-corrected chi connectivity index (χ1v) is 5.62. The van der Waals surface area contributed by atoms with E-state index in [0.29, 0.717) is 5.92 Å². The average molecular weight is 193 g/mol. The van der Waals surface area contributed by atoms with Crippen LogP contribution in [0.25, 0.3) is 0 Å². The van der Waals surface area contributed by atoms with Crippen LogP contribution >= 0.6 is 11.8 Å². The van der Waals surface area contributed by atoms with Gasteiger partial charge in [0.1, 0.15) is 0 Å². The maximum absolute atomic E-state index is 4.42. The molecule has 0 bridgehead atoms. The van der Waals surface area contributed by atoms with Gasteiger partial charge in [0.05, 0.1) is 16.0 Å². The third-order valence-corrected chi connectivity index (χ3v) is 3.85. The molecule has 1 aliphatic heterocycles. The molecule has 2 heteroatoms. The third-order valence-electron chi connectivity index (χ3n) is 2.74. The molecule has 0 spiro atoms. The average Bonchev–Trinajstić information content (AvgIpc) is 2.44. The van der Waals surface area contributed by atoms with E-state index < -0.39 is 0 Å². The van der Waals surface area contributed by atoms with E-state index in [1.807, 2.05) is 17.3 Å². The summed E-state index contributed by atoms with van der Waals surface area (Å²) in [6.07, 6.45) is 5.73. The van der Waals surface area contributed by atoms with E-state index in [-0.39, 0.29) is 4.75 Å². The van der Waals surface area contributed by atoms with Crippen molar-refractivity contribution in [3.05, 3.63) is 23.4 Å². The number of hydrogen-bond acceptors (Lipinski definition) is 2. The predicted molar refractivity (Wildman–Crippen MR) is 60.1 cm³/mol. The standard InChI is InChI=1S/C11H15NS/c1-8(2)9-4-5-11(3)10(6-9)12-7-13-11/h4,6-8H,5H2,1-3H3. The minimum absolute atomic E-state index is 0.235. The van der Waals surface area contributed by atoms with Gasteiger partial charge in [0, 0.05) is 0 Å². The Hall–Kier alpha value is -0.500. The Kier molecular flexibility index (Phi) is 2.11. The molecule has 13 heavy (non-hydrogen) atoms. The SMILES string of the molecule is CC(C)C1=CCC2(C)SC=NC2=C1. The van der Waals surface area contributed by atoms with Crippen molar-refractivity contribution in [2.45, 2.75) is 31.9 Å². The van der Waals surface area contributed by atoms with E-state index in [1.165, 1.54) is 11.3 Å². The van der Waals surface area contributed by atoms with Crippen LogP contribution in [0.4, 0.5) is 0 Å². The number of aliphatic imine (C=N–C) groups is 1. The van der Waals surface area contributed by atoms with Crippen LogP contribution in [0.2, 0.25) is 0 Å². The lowest BCUT2D eigenvalue weighted by atomic mass is 9.89. The van der Waals surface area contributed by atoms with Crippen LogP contribution in [0.1, 0.15) is 27.2 Å². The molecule has 0 fully saturated rings. The fourth-order valence-electron chi connectivity index (χ4n) is 1.67. The number of allylic oxidation sites excluding steroid dienone is 3. The van der Waals surface area contributed by atoms with Crippen molar-refractivity contribution in [3.63, 3.8) is 0 Å². The first-order chi connectivity index (χ1) is 6.12. The summed E-state index contributed by atoms with van der Waals surface area (Å²) in [4.78, 5) is 4.42. The van der Waals surface area contributed by atoms with Crippen molar-refractivity contribution in [2.24, 2.45) is 10.9 Å². The third kappa shape index (κ3) is 1.48. The summed E-state index contributed by atoms with van der Waals surface area (Å²) in [5.74, 6) is 0.623. The van der Waals surface area contributed by atoms with Crippen molar-refractivity contribution in [2.75, 3.05) is 0 Å². The zero-order valence-corrected chi connectivity index (χ0v) is 9.19. The molecule has 1 heterocycles. The number of fused-ring (bicyclic) bond motifs is 1. The van der Waals surface area contributed by atoms with Gasteiger partial charge in [-0.05, 0) is 30.9 Å². The molecule has 0 saturated carbocycles. The van der Waals surface area contributed by atoms with E-state index in [4.69, 9.17) is 0 Å². The van der Waals surface area contributed by atoms with Crippen LogP contribution in [-0.2, 0) is 0 Å². The molecular formula is C11H15NS. The predicted octanol–water partition coefficient (Wildman–Crippen LogP) is 3.39. The summed E-state index contributed by atoms with van der Waals surface area (Å²) in [5, 5.41) is 0. The Morgan fingerprint density at radius 1 is 1.54 bits per heavy atom. The summed E-state index contributed by atoms with van der Waals surface area (Å²) < 4.78 is 0.235. The number of rotatable bonds is 1. The molecule has 1 unspecified atom stereocenters. The van der Waals surface area contributed by atoms with E-state index in [9.17, 15) is 0 Å². The van der Waals surface area contributed by atoms with E-state index >= 15 is 0 Å². The molecule has 1 atom stereocenters. The van der Waals surface area contributed by atoms with Gasteiger partial charge in [-0.1, -0.05) is 19.9 Å². The highest BCUT2D eigenvalue weighted by molar-refractivity contribution is 8.13. The lowest BCUT2D eigenvalue weighted by molar-refractivity contribution is 0.703. The first-order valence-electron chi connectivity index (χ1n) is 4.74. The first kappa shape index (κ1) is 9.07. The molecule has 0 aromatic rings. The van der Waals surface area contributed by atoms with E-state index in [0.717, 1.165) is 6.42 Å². The Morgan fingerprint density at radius 2 is 2.31 bits per heavy atom. The Morgan fingerprint density at radius 3 is 3.00 bits per heavy atom. The number of hydrogen-bond donors (Lipinski definition) is 0.